The molecule has 0 saturated carbocycles. The van der Waals surface area contributed by atoms with Crippen molar-refractivity contribution in [2.45, 2.75) is 34.1 Å². The van der Waals surface area contributed by atoms with Gasteiger partial charge in [0.1, 0.15) is 0 Å². The van der Waals surface area contributed by atoms with E-state index in [0.29, 0.717) is 6.42 Å². The van der Waals surface area contributed by atoms with Gasteiger partial charge in [-0.05, 0) is 41.9 Å². The molecule has 1 heteroatoms. The Kier molecular flexibility index (Phi) is 4.32. The molecule has 0 radical (unpaired) electrons. The van der Waals surface area contributed by atoms with Gasteiger partial charge in [0.25, 0.3) is 0 Å². The molecule has 0 spiro atoms. The van der Waals surface area contributed by atoms with Crippen molar-refractivity contribution >= 4 is 11.9 Å². The van der Waals surface area contributed by atoms with E-state index < -0.39 is 0 Å². The van der Waals surface area contributed by atoms with Crippen LogP contribution in [0.4, 0.5) is 0 Å². The summed E-state index contributed by atoms with van der Waals surface area (Å²) >= 11 is 0. The molecule has 1 aliphatic rings. The van der Waals surface area contributed by atoms with Crippen molar-refractivity contribution in [1.82, 2.24) is 0 Å². The Morgan fingerprint density at radius 1 is 1.24 bits per heavy atom. The van der Waals surface area contributed by atoms with Gasteiger partial charge in [-0.1, -0.05) is 68.5 Å². The zero-order chi connectivity index (χ0) is 15.6. The van der Waals surface area contributed by atoms with Crippen LogP contribution in [0.1, 0.15) is 39.7 Å². The molecule has 1 aromatic rings. The Labute approximate surface area is 128 Å². The van der Waals surface area contributed by atoms with Gasteiger partial charge in [0, 0.05) is 6.42 Å². The molecule has 1 aliphatic carbocycles. The third-order valence-electron chi connectivity index (χ3n) is 4.61. The molecule has 0 unspecified atom stereocenters. The smallest absolute Gasteiger partial charge is 0.159 e. The van der Waals surface area contributed by atoms with Gasteiger partial charge in [0.2, 0.25) is 0 Å². The second-order valence-corrected chi connectivity index (χ2v) is 6.53. The highest BCUT2D eigenvalue weighted by Crippen LogP contribution is 2.46. The van der Waals surface area contributed by atoms with Crippen LogP contribution in [0.25, 0.3) is 6.08 Å². The molecule has 0 amide bonds. The fraction of sp³-hybridized carbons (Fsp3) is 0.350. The van der Waals surface area contributed by atoms with Crippen molar-refractivity contribution in [3.05, 3.63) is 65.3 Å². The van der Waals surface area contributed by atoms with Gasteiger partial charge < -0.3 is 0 Å². The Morgan fingerprint density at radius 3 is 2.43 bits per heavy atom. The normalized spacial score (nSPS) is 21.9. The first kappa shape index (κ1) is 15.5. The number of rotatable bonds is 3. The molecule has 110 valence electrons. The average molecular weight is 280 g/mol. The van der Waals surface area contributed by atoms with Gasteiger partial charge in [0.05, 0.1) is 0 Å². The Hall–Kier alpha value is -1.89. The van der Waals surface area contributed by atoms with Crippen LogP contribution in [-0.2, 0) is 4.79 Å². The van der Waals surface area contributed by atoms with Crippen LogP contribution in [0.5, 0.6) is 0 Å². The maximum atomic E-state index is 12.3. The lowest BCUT2D eigenvalue weighted by Gasteiger charge is -2.40. The van der Waals surface area contributed by atoms with Crippen LogP contribution in [-0.4, -0.2) is 5.78 Å². The number of ketones is 1. The molecular weight excluding hydrogens is 256 g/mol. The highest BCUT2D eigenvalue weighted by atomic mass is 16.1. The highest BCUT2D eigenvalue weighted by molar-refractivity contribution is 5.98. The van der Waals surface area contributed by atoms with E-state index in [1.807, 2.05) is 32.0 Å². The average Bonchev–Trinajstić information content (AvgIpc) is 2.43. The number of hydrogen-bond donors (Lipinski definition) is 0. The van der Waals surface area contributed by atoms with E-state index in [4.69, 9.17) is 0 Å². The molecule has 0 heterocycles. The predicted octanol–water partition coefficient (Wildman–Crippen LogP) is 5.21. The van der Waals surface area contributed by atoms with Crippen molar-refractivity contribution < 1.29 is 4.79 Å². The van der Waals surface area contributed by atoms with E-state index in [1.165, 1.54) is 0 Å². The lowest BCUT2D eigenvalue weighted by atomic mass is 9.63. The van der Waals surface area contributed by atoms with Gasteiger partial charge >= 0.3 is 0 Å². The van der Waals surface area contributed by atoms with Crippen LogP contribution in [0.2, 0.25) is 0 Å². The topological polar surface area (TPSA) is 17.1 Å². The standard InChI is InChI=1S/C20H24O/c1-14(2)18-13-19(21)15(3)17(20(18,4)5)12-11-16-9-7-6-8-10-16/h6-12,18H,1,13H2,2-5H3/b12-11-/t18-/m0/s1. The lowest BCUT2D eigenvalue weighted by Crippen LogP contribution is -2.34. The molecule has 2 rings (SSSR count). The Balaban J connectivity index is 2.43. The molecule has 0 N–H and O–H groups in total. The fourth-order valence-corrected chi connectivity index (χ4v) is 3.29. The summed E-state index contributed by atoms with van der Waals surface area (Å²) in [6, 6.07) is 10.2. The second-order valence-electron chi connectivity index (χ2n) is 6.53. The van der Waals surface area contributed by atoms with Gasteiger partial charge in [-0.2, -0.15) is 0 Å². The predicted molar refractivity (Wildman–Crippen MR) is 89.9 cm³/mol. The van der Waals surface area contributed by atoms with Gasteiger partial charge in [-0.25, -0.2) is 0 Å². The van der Waals surface area contributed by atoms with Gasteiger partial charge in [0.15, 0.2) is 5.78 Å². The number of allylic oxidation sites excluding steroid dienone is 4. The molecule has 21 heavy (non-hydrogen) atoms. The highest BCUT2D eigenvalue weighted by Gasteiger charge is 2.39. The Bertz CT molecular complexity index is 614. The number of benzene rings is 1. The number of carbonyl (C=O) groups is 1. The third kappa shape index (κ3) is 3.07. The van der Waals surface area contributed by atoms with Crippen LogP contribution in [0.3, 0.4) is 0 Å². The lowest BCUT2D eigenvalue weighted by molar-refractivity contribution is -0.117. The molecule has 1 nitrogen and oxygen atoms in total. The maximum absolute atomic E-state index is 12.3. The van der Waals surface area contributed by atoms with Crippen LogP contribution >= 0.6 is 0 Å². The minimum absolute atomic E-state index is 0.0604. The Morgan fingerprint density at radius 2 is 1.86 bits per heavy atom. The quantitative estimate of drug-likeness (QED) is 0.695. The summed E-state index contributed by atoms with van der Waals surface area (Å²) < 4.78 is 0. The van der Waals surface area contributed by atoms with Gasteiger partial charge in [-0.15, -0.1) is 0 Å². The number of Topliss-reactive ketones (excluding diaryl/α,β-unsaturated/α-hetero) is 1. The van der Waals surface area contributed by atoms with E-state index in [-0.39, 0.29) is 17.1 Å². The van der Waals surface area contributed by atoms with Gasteiger partial charge in [-0.3, -0.25) is 4.79 Å². The van der Waals surface area contributed by atoms with Crippen molar-refractivity contribution in [1.29, 1.82) is 0 Å². The summed E-state index contributed by atoms with van der Waals surface area (Å²) in [4.78, 5) is 12.3. The monoisotopic (exact) mass is 280 g/mol. The van der Waals surface area contributed by atoms with E-state index in [1.54, 1.807) is 0 Å². The fourth-order valence-electron chi connectivity index (χ4n) is 3.29. The summed E-state index contributed by atoms with van der Waals surface area (Å²) in [7, 11) is 0. The first-order valence-electron chi connectivity index (χ1n) is 7.47. The number of hydrogen-bond acceptors (Lipinski definition) is 1. The molecule has 1 aromatic carbocycles. The zero-order valence-electron chi connectivity index (χ0n) is 13.4. The molecule has 0 aliphatic heterocycles. The van der Waals surface area contributed by atoms with E-state index in [9.17, 15) is 4.79 Å². The summed E-state index contributed by atoms with van der Waals surface area (Å²) in [5, 5.41) is 0. The largest absolute Gasteiger partial charge is 0.295 e. The van der Waals surface area contributed by atoms with E-state index >= 15 is 0 Å². The van der Waals surface area contributed by atoms with Crippen molar-refractivity contribution in [3.8, 4) is 0 Å². The van der Waals surface area contributed by atoms with E-state index in [2.05, 4.69) is 44.7 Å². The van der Waals surface area contributed by atoms with Crippen molar-refractivity contribution in [3.63, 3.8) is 0 Å². The molecule has 0 bridgehead atoms. The van der Waals surface area contributed by atoms with E-state index in [0.717, 1.165) is 22.3 Å². The summed E-state index contributed by atoms with van der Waals surface area (Å²) in [5.74, 6) is 0.458. The minimum atomic E-state index is -0.0604. The van der Waals surface area contributed by atoms with Crippen molar-refractivity contribution in [2.24, 2.45) is 11.3 Å². The zero-order valence-corrected chi connectivity index (χ0v) is 13.4. The van der Waals surface area contributed by atoms with Crippen molar-refractivity contribution in [2.75, 3.05) is 0 Å². The minimum Gasteiger partial charge on any atom is -0.295 e. The van der Waals surface area contributed by atoms with Crippen LogP contribution < -0.4 is 0 Å². The molecule has 1 atom stereocenters. The molecule has 0 aromatic heterocycles. The second kappa shape index (κ2) is 5.85. The molecular formula is C20H24O. The summed E-state index contributed by atoms with van der Waals surface area (Å²) in [6.07, 6.45) is 4.78. The molecule has 0 fully saturated rings. The molecule has 0 saturated heterocycles. The van der Waals surface area contributed by atoms with Crippen LogP contribution in [0, 0.1) is 11.3 Å². The maximum Gasteiger partial charge on any atom is 0.159 e. The first-order valence-corrected chi connectivity index (χ1v) is 7.47. The summed E-state index contributed by atoms with van der Waals surface area (Å²) in [6.45, 7) is 12.5. The SMILES string of the molecule is C=C(C)[C@@H]1CC(=O)C(C)=C(/C=C\c2ccccc2)C1(C)C. The summed E-state index contributed by atoms with van der Waals surface area (Å²) in [5.41, 5.74) is 4.21. The first-order chi connectivity index (χ1) is 9.84. The third-order valence-corrected chi connectivity index (χ3v) is 4.61. The number of carbonyl (C=O) groups excluding carboxylic acids is 1. The van der Waals surface area contributed by atoms with Crippen LogP contribution in [0.15, 0.2) is 59.7 Å².